The number of carboxylic acids is 1. The molecule has 2 atom stereocenters. The van der Waals surface area contributed by atoms with Crippen molar-refractivity contribution in [3.8, 4) is 0 Å². The number of urea groups is 1. The Morgan fingerprint density at radius 1 is 1.22 bits per heavy atom. The number of hydrogen-bond acceptors (Lipinski definition) is 4. The highest BCUT2D eigenvalue weighted by Gasteiger charge is 2.26. The molecule has 8 heteroatoms. The zero-order valence-corrected chi connectivity index (χ0v) is 10.9. The van der Waals surface area contributed by atoms with Gasteiger partial charge in [0.1, 0.15) is 6.54 Å². The minimum absolute atomic E-state index is 0.176. The van der Waals surface area contributed by atoms with Gasteiger partial charge >= 0.3 is 12.0 Å². The molecule has 0 rings (SSSR count). The third-order valence-corrected chi connectivity index (χ3v) is 2.25. The van der Waals surface area contributed by atoms with Crippen LogP contribution in [0, 0.1) is 0 Å². The number of nitrogens with one attached hydrogen (secondary N) is 1. The molecular weight excluding hydrogens is 242 g/mol. The quantitative estimate of drug-likeness (QED) is 0.561. The number of aliphatic hydroxyl groups excluding tert-OH is 1. The lowest BCUT2D eigenvalue weighted by atomic mass is 10.2. The maximum absolute atomic E-state index is 11.6. The van der Waals surface area contributed by atoms with Gasteiger partial charge in [0.2, 0.25) is 5.91 Å². The van der Waals surface area contributed by atoms with Gasteiger partial charge in [-0.3, -0.25) is 4.79 Å². The van der Waals surface area contributed by atoms with Crippen LogP contribution in [0.2, 0.25) is 0 Å². The molecule has 0 saturated heterocycles. The number of carbonyl (C=O) groups is 3. The number of aliphatic hydroxyl groups is 1. The van der Waals surface area contributed by atoms with Crippen molar-refractivity contribution < 1.29 is 24.6 Å². The van der Waals surface area contributed by atoms with E-state index in [4.69, 9.17) is 5.11 Å². The Kier molecular flexibility index (Phi) is 6.11. The summed E-state index contributed by atoms with van der Waals surface area (Å²) in [6, 6.07) is -2.15. The number of carboxylic acid groups (broad SMARTS) is 1. The first-order chi connectivity index (χ1) is 8.16. The standard InChI is InChI=1S/C10H19N3O5/c1-6(14)8(9(16)17)11-10(18)13(4)5-7(15)12(2)3/h6,8,14H,5H2,1-4H3,(H,11,18)(H,16,17)/t6-,8+/m1/s1. The summed E-state index contributed by atoms with van der Waals surface area (Å²) in [5.41, 5.74) is 0. The molecule has 0 aromatic carbocycles. The van der Waals surface area contributed by atoms with Crippen LogP contribution in [0.25, 0.3) is 0 Å². The fourth-order valence-electron chi connectivity index (χ4n) is 1.05. The molecule has 3 N–H and O–H groups in total. The Labute approximate surface area is 105 Å². The van der Waals surface area contributed by atoms with Crippen LogP contribution in [0.15, 0.2) is 0 Å². The second-order valence-corrected chi connectivity index (χ2v) is 4.15. The third-order valence-electron chi connectivity index (χ3n) is 2.25. The van der Waals surface area contributed by atoms with Crippen LogP contribution in [0.5, 0.6) is 0 Å². The number of rotatable bonds is 5. The average Bonchev–Trinajstić information content (AvgIpc) is 2.23. The number of aliphatic carboxylic acids is 1. The van der Waals surface area contributed by atoms with E-state index in [1.165, 1.54) is 18.9 Å². The highest BCUT2D eigenvalue weighted by molar-refractivity contribution is 5.86. The molecule has 0 aromatic heterocycles. The zero-order valence-electron chi connectivity index (χ0n) is 10.9. The molecule has 104 valence electrons. The van der Waals surface area contributed by atoms with E-state index >= 15 is 0 Å². The van der Waals surface area contributed by atoms with Crippen molar-refractivity contribution in [1.82, 2.24) is 15.1 Å². The first-order valence-corrected chi connectivity index (χ1v) is 5.29. The average molecular weight is 261 g/mol. The molecule has 3 amide bonds. The minimum atomic E-state index is -1.41. The molecular formula is C10H19N3O5. The van der Waals surface area contributed by atoms with E-state index in [1.807, 2.05) is 0 Å². The van der Waals surface area contributed by atoms with Crippen molar-refractivity contribution >= 4 is 17.9 Å². The fourth-order valence-corrected chi connectivity index (χ4v) is 1.05. The predicted molar refractivity (Wildman–Crippen MR) is 63.0 cm³/mol. The molecule has 0 heterocycles. The first kappa shape index (κ1) is 16.2. The maximum atomic E-state index is 11.6. The van der Waals surface area contributed by atoms with Crippen molar-refractivity contribution in [2.75, 3.05) is 27.7 Å². The van der Waals surface area contributed by atoms with Gasteiger partial charge < -0.3 is 25.3 Å². The van der Waals surface area contributed by atoms with Crippen molar-refractivity contribution in [3.63, 3.8) is 0 Å². The van der Waals surface area contributed by atoms with E-state index in [9.17, 15) is 19.5 Å². The minimum Gasteiger partial charge on any atom is -0.480 e. The molecule has 8 nitrogen and oxygen atoms in total. The monoisotopic (exact) mass is 261 g/mol. The SMILES string of the molecule is C[C@@H](O)[C@H](NC(=O)N(C)CC(=O)N(C)C)C(=O)O. The van der Waals surface area contributed by atoms with Gasteiger partial charge in [0.25, 0.3) is 0 Å². The largest absolute Gasteiger partial charge is 0.480 e. The van der Waals surface area contributed by atoms with Gasteiger partial charge in [-0.1, -0.05) is 0 Å². The molecule has 0 aliphatic carbocycles. The van der Waals surface area contributed by atoms with E-state index in [2.05, 4.69) is 5.32 Å². The number of hydrogen-bond donors (Lipinski definition) is 3. The van der Waals surface area contributed by atoms with Crippen molar-refractivity contribution in [2.45, 2.75) is 19.1 Å². The summed E-state index contributed by atoms with van der Waals surface area (Å²) in [6.07, 6.45) is -1.23. The van der Waals surface area contributed by atoms with Crippen LogP contribution in [-0.2, 0) is 9.59 Å². The second-order valence-electron chi connectivity index (χ2n) is 4.15. The maximum Gasteiger partial charge on any atom is 0.328 e. The van der Waals surface area contributed by atoms with E-state index in [1.54, 1.807) is 14.1 Å². The normalized spacial score (nSPS) is 13.4. The summed E-state index contributed by atoms with van der Waals surface area (Å²) < 4.78 is 0. The highest BCUT2D eigenvalue weighted by Crippen LogP contribution is 1.96. The molecule has 0 aliphatic rings. The summed E-state index contributed by atoms with van der Waals surface area (Å²) in [6.45, 7) is 1.08. The highest BCUT2D eigenvalue weighted by atomic mass is 16.4. The van der Waals surface area contributed by atoms with Crippen LogP contribution in [0.3, 0.4) is 0 Å². The molecule has 0 aromatic rings. The molecule has 0 unspecified atom stereocenters. The summed E-state index contributed by atoms with van der Waals surface area (Å²) in [5, 5.41) is 20.1. The zero-order chi connectivity index (χ0) is 14.5. The lowest BCUT2D eigenvalue weighted by molar-refractivity contribution is -0.141. The molecule has 0 fully saturated rings. The van der Waals surface area contributed by atoms with E-state index in [0.29, 0.717) is 0 Å². The topological polar surface area (TPSA) is 110 Å². The van der Waals surface area contributed by atoms with Gasteiger partial charge in [-0.25, -0.2) is 9.59 Å². The molecule has 0 saturated carbocycles. The van der Waals surface area contributed by atoms with Crippen molar-refractivity contribution in [1.29, 1.82) is 0 Å². The summed E-state index contributed by atoms with van der Waals surface area (Å²) in [4.78, 5) is 36.1. The van der Waals surface area contributed by atoms with Crippen LogP contribution < -0.4 is 5.32 Å². The Hall–Kier alpha value is -1.83. The lowest BCUT2D eigenvalue weighted by Gasteiger charge is -2.23. The van der Waals surface area contributed by atoms with Gasteiger partial charge in [0.05, 0.1) is 6.10 Å². The van der Waals surface area contributed by atoms with Crippen LogP contribution in [0.1, 0.15) is 6.92 Å². The van der Waals surface area contributed by atoms with Crippen LogP contribution in [0.4, 0.5) is 4.79 Å². The fraction of sp³-hybridized carbons (Fsp3) is 0.700. The smallest absolute Gasteiger partial charge is 0.328 e. The number of nitrogens with zero attached hydrogens (tertiary/aromatic N) is 2. The molecule has 0 aliphatic heterocycles. The summed E-state index contributed by atoms with van der Waals surface area (Å²) in [7, 11) is 4.45. The van der Waals surface area contributed by atoms with Gasteiger partial charge in [-0.15, -0.1) is 0 Å². The van der Waals surface area contributed by atoms with Gasteiger partial charge in [0, 0.05) is 21.1 Å². The van der Waals surface area contributed by atoms with E-state index < -0.39 is 24.1 Å². The molecule has 0 bridgehead atoms. The Morgan fingerprint density at radius 2 is 1.72 bits per heavy atom. The van der Waals surface area contributed by atoms with Gasteiger partial charge in [-0.2, -0.15) is 0 Å². The Balaban J connectivity index is 4.47. The van der Waals surface area contributed by atoms with Crippen molar-refractivity contribution in [2.24, 2.45) is 0 Å². The van der Waals surface area contributed by atoms with E-state index in [0.717, 1.165) is 4.90 Å². The number of likely N-dealkylation sites (N-methyl/N-ethyl adjacent to an activating group) is 2. The lowest BCUT2D eigenvalue weighted by Crippen LogP contribution is -2.52. The number of amides is 3. The Bertz CT molecular complexity index is 329. The Morgan fingerprint density at radius 3 is 2.06 bits per heavy atom. The molecule has 18 heavy (non-hydrogen) atoms. The summed E-state index contributed by atoms with van der Waals surface area (Å²) in [5.74, 6) is -1.64. The van der Waals surface area contributed by atoms with Crippen molar-refractivity contribution in [3.05, 3.63) is 0 Å². The van der Waals surface area contributed by atoms with Crippen LogP contribution >= 0.6 is 0 Å². The van der Waals surface area contributed by atoms with Crippen LogP contribution in [-0.4, -0.2) is 77.8 Å². The number of carbonyl (C=O) groups excluding carboxylic acids is 2. The predicted octanol–water partition coefficient (Wildman–Crippen LogP) is -1.45. The van der Waals surface area contributed by atoms with Gasteiger partial charge in [0.15, 0.2) is 6.04 Å². The van der Waals surface area contributed by atoms with E-state index in [-0.39, 0.29) is 12.5 Å². The first-order valence-electron chi connectivity index (χ1n) is 5.29. The third kappa shape index (κ3) is 5.00. The van der Waals surface area contributed by atoms with Gasteiger partial charge in [-0.05, 0) is 6.92 Å². The summed E-state index contributed by atoms with van der Waals surface area (Å²) >= 11 is 0. The molecule has 0 spiro atoms. The molecule has 0 radical (unpaired) electrons. The second kappa shape index (κ2) is 6.80.